The summed E-state index contributed by atoms with van der Waals surface area (Å²) < 4.78 is 26.5. The molecule has 2 heterocycles. The Morgan fingerprint density at radius 1 is 1.52 bits per heavy atom. The summed E-state index contributed by atoms with van der Waals surface area (Å²) in [5, 5.41) is 10.2. The zero-order valence-corrected chi connectivity index (χ0v) is 12.8. The molecule has 0 unspecified atom stereocenters. The van der Waals surface area contributed by atoms with Gasteiger partial charge in [0.15, 0.2) is 6.23 Å². The van der Waals surface area contributed by atoms with E-state index in [1.807, 2.05) is 4.98 Å². The summed E-state index contributed by atoms with van der Waals surface area (Å²) in [5.41, 5.74) is 4.27. The van der Waals surface area contributed by atoms with Crippen molar-refractivity contribution in [2.45, 2.75) is 24.2 Å². The van der Waals surface area contributed by atoms with E-state index in [0.717, 1.165) is 23.9 Å². The summed E-state index contributed by atoms with van der Waals surface area (Å²) in [4.78, 5) is 42.4. The third kappa shape index (κ3) is 3.59. The zero-order valence-electron chi connectivity index (χ0n) is 11.9. The van der Waals surface area contributed by atoms with Gasteiger partial charge in [0, 0.05) is 19.4 Å². The summed E-state index contributed by atoms with van der Waals surface area (Å²) >= 11 is 0. The van der Waals surface area contributed by atoms with Gasteiger partial charge in [-0.25, -0.2) is 9.36 Å². The average molecular weight is 353 g/mol. The summed E-state index contributed by atoms with van der Waals surface area (Å²) in [7, 11) is -3.71. The molecule has 12 nitrogen and oxygen atoms in total. The van der Waals surface area contributed by atoms with Crippen molar-refractivity contribution in [2.75, 3.05) is 13.7 Å². The number of ether oxygens (including phenoxy) is 2. The Morgan fingerprint density at radius 2 is 2.17 bits per heavy atom. The Morgan fingerprint density at radius 3 is 2.70 bits per heavy atom. The van der Waals surface area contributed by atoms with Crippen molar-refractivity contribution in [2.24, 2.45) is 5.73 Å². The normalized spacial score (nSPS) is 31.4. The van der Waals surface area contributed by atoms with Crippen molar-refractivity contribution < 1.29 is 33.5 Å². The minimum atomic E-state index is -4.84. The van der Waals surface area contributed by atoms with Gasteiger partial charge in [0.1, 0.15) is 12.7 Å². The fourth-order valence-electron chi connectivity index (χ4n) is 2.19. The topological polar surface area (TPSA) is 186 Å². The molecule has 0 spiro atoms. The summed E-state index contributed by atoms with van der Waals surface area (Å²) in [5.74, 6) is -1.90. The Kier molecular flexibility index (Phi) is 4.89. The molecular weight excluding hydrogens is 337 g/mol. The molecule has 6 N–H and O–H groups in total. The molecule has 4 atom stereocenters. The van der Waals surface area contributed by atoms with Gasteiger partial charge in [-0.3, -0.25) is 18.9 Å². The first kappa shape index (κ1) is 18.0. The maximum absolute atomic E-state index is 11.8. The van der Waals surface area contributed by atoms with Gasteiger partial charge in [-0.05, 0) is 0 Å². The Labute approximate surface area is 128 Å². The minimum Gasteiger partial charge on any atom is -0.387 e. The lowest BCUT2D eigenvalue weighted by Crippen LogP contribution is -2.53. The molecule has 13 heteroatoms. The highest BCUT2D eigenvalue weighted by atomic mass is 31.2. The van der Waals surface area contributed by atoms with Crippen molar-refractivity contribution in [1.82, 2.24) is 9.55 Å². The van der Waals surface area contributed by atoms with E-state index >= 15 is 0 Å². The molecular formula is C10H16N3O9P. The van der Waals surface area contributed by atoms with Crippen LogP contribution in [0.5, 0.6) is 0 Å². The van der Waals surface area contributed by atoms with Crippen molar-refractivity contribution in [3.05, 3.63) is 33.1 Å². The molecule has 1 aromatic heterocycles. The second-order valence-corrected chi connectivity index (χ2v) is 6.06. The van der Waals surface area contributed by atoms with Crippen molar-refractivity contribution >= 4 is 7.82 Å². The maximum Gasteiger partial charge on any atom is 0.469 e. The van der Waals surface area contributed by atoms with Crippen LogP contribution < -0.4 is 17.0 Å². The first-order valence-electron chi connectivity index (χ1n) is 6.28. The molecule has 1 saturated heterocycles. The van der Waals surface area contributed by atoms with Gasteiger partial charge >= 0.3 is 13.5 Å². The van der Waals surface area contributed by atoms with Crippen LogP contribution in [0.15, 0.2) is 21.9 Å². The zero-order chi connectivity index (χ0) is 17.4. The molecule has 1 aliphatic heterocycles. The SMILES string of the molecule is CO[C@]1(COP(=O)(O)O)O[C@@H](n2ccc(=O)[nH]c2=O)[C@H](O)[C@@H]1N. The largest absolute Gasteiger partial charge is 0.469 e. The van der Waals surface area contributed by atoms with E-state index in [1.54, 1.807) is 0 Å². The number of rotatable bonds is 5. The van der Waals surface area contributed by atoms with E-state index in [-0.39, 0.29) is 0 Å². The molecule has 0 radical (unpaired) electrons. The van der Waals surface area contributed by atoms with E-state index < -0.39 is 49.8 Å². The molecule has 0 aromatic carbocycles. The van der Waals surface area contributed by atoms with E-state index in [2.05, 4.69) is 4.52 Å². The average Bonchev–Trinajstić information content (AvgIpc) is 2.70. The summed E-state index contributed by atoms with van der Waals surface area (Å²) in [6.45, 7) is -0.791. The van der Waals surface area contributed by atoms with Crippen LogP contribution in [0.2, 0.25) is 0 Å². The van der Waals surface area contributed by atoms with E-state index in [4.69, 9.17) is 25.0 Å². The van der Waals surface area contributed by atoms with Gasteiger partial charge in [0.2, 0.25) is 5.79 Å². The lowest BCUT2D eigenvalue weighted by Gasteiger charge is -2.30. The van der Waals surface area contributed by atoms with Crippen LogP contribution in [0, 0.1) is 0 Å². The number of nitrogens with one attached hydrogen (secondary N) is 1. The molecule has 1 fully saturated rings. The van der Waals surface area contributed by atoms with Crippen molar-refractivity contribution in [3.8, 4) is 0 Å². The van der Waals surface area contributed by atoms with Crippen LogP contribution in [-0.2, 0) is 18.6 Å². The first-order valence-corrected chi connectivity index (χ1v) is 7.81. The number of phosphoric acid groups is 1. The highest BCUT2D eigenvalue weighted by Crippen LogP contribution is 2.42. The van der Waals surface area contributed by atoms with Gasteiger partial charge in [0.05, 0.1) is 6.04 Å². The van der Waals surface area contributed by atoms with Gasteiger partial charge in [0.25, 0.3) is 5.56 Å². The molecule has 2 rings (SSSR count). The van der Waals surface area contributed by atoms with Gasteiger partial charge in [-0.15, -0.1) is 0 Å². The molecule has 1 aromatic rings. The fraction of sp³-hybridized carbons (Fsp3) is 0.600. The number of nitrogens with two attached hydrogens (primary N) is 1. The number of H-pyrrole nitrogens is 1. The van der Waals surface area contributed by atoms with Crippen molar-refractivity contribution in [3.63, 3.8) is 0 Å². The molecule has 130 valence electrons. The standard InChI is InChI=1S/C10H16N3O9P/c1-20-10(4-21-23(17,18)19)7(11)6(15)8(22-10)13-3-2-5(14)12-9(13)16/h2-3,6-8,15H,4,11H2,1H3,(H,12,14,16)(H2,17,18,19)/t6-,7+,8-,10-/m1/s1. The monoisotopic (exact) mass is 353 g/mol. The lowest BCUT2D eigenvalue weighted by molar-refractivity contribution is -0.246. The van der Waals surface area contributed by atoms with Gasteiger partial charge in [-0.2, -0.15) is 0 Å². The van der Waals surface area contributed by atoms with Crippen LogP contribution in [-0.4, -0.2) is 56.1 Å². The van der Waals surface area contributed by atoms with Gasteiger partial charge in [-0.1, -0.05) is 0 Å². The van der Waals surface area contributed by atoms with Crippen LogP contribution >= 0.6 is 7.82 Å². The molecule has 0 aliphatic carbocycles. The Bertz CT molecular complexity index is 727. The summed E-state index contributed by atoms with van der Waals surface area (Å²) in [6, 6.07) is -0.259. The maximum atomic E-state index is 11.8. The molecule has 1 aliphatic rings. The summed E-state index contributed by atoms with van der Waals surface area (Å²) in [6.07, 6.45) is -1.74. The van der Waals surface area contributed by atoms with Crippen LogP contribution in [0.3, 0.4) is 0 Å². The van der Waals surface area contributed by atoms with E-state index in [9.17, 15) is 19.3 Å². The quantitative estimate of drug-likeness (QED) is 0.346. The van der Waals surface area contributed by atoms with Crippen molar-refractivity contribution in [1.29, 1.82) is 0 Å². The number of aromatic amines is 1. The number of nitrogens with zero attached hydrogens (tertiary/aromatic N) is 1. The Hall–Kier alpha value is -1.37. The molecule has 23 heavy (non-hydrogen) atoms. The van der Waals surface area contributed by atoms with Crippen LogP contribution in [0.25, 0.3) is 0 Å². The second kappa shape index (κ2) is 6.26. The lowest BCUT2D eigenvalue weighted by atomic mass is 10.1. The van der Waals surface area contributed by atoms with Gasteiger partial charge < -0.3 is 30.1 Å². The number of hydrogen-bond donors (Lipinski definition) is 5. The van der Waals surface area contributed by atoms with E-state index in [0.29, 0.717) is 0 Å². The first-order chi connectivity index (χ1) is 10.6. The predicted octanol–water partition coefficient (Wildman–Crippen LogP) is -2.79. The fourth-order valence-corrected chi connectivity index (χ4v) is 2.53. The molecule has 0 bridgehead atoms. The second-order valence-electron chi connectivity index (χ2n) is 4.82. The Balaban J connectivity index is 2.33. The smallest absolute Gasteiger partial charge is 0.387 e. The number of phosphoric ester groups is 1. The number of hydrogen-bond acceptors (Lipinski definition) is 8. The number of aliphatic hydroxyl groups excluding tert-OH is 1. The van der Waals surface area contributed by atoms with Crippen LogP contribution in [0.1, 0.15) is 6.23 Å². The molecule has 0 amide bonds. The highest BCUT2D eigenvalue weighted by molar-refractivity contribution is 7.46. The highest BCUT2D eigenvalue weighted by Gasteiger charge is 2.55. The van der Waals surface area contributed by atoms with Crippen LogP contribution in [0.4, 0.5) is 0 Å². The van der Waals surface area contributed by atoms with E-state index in [1.165, 1.54) is 0 Å². The minimum absolute atomic E-state index is 0.647. The number of aliphatic hydroxyl groups is 1. The third-order valence-corrected chi connectivity index (χ3v) is 3.86. The number of aromatic nitrogens is 2. The molecule has 0 saturated carbocycles. The third-order valence-electron chi connectivity index (χ3n) is 3.39. The predicted molar refractivity (Wildman–Crippen MR) is 73.2 cm³/mol. The number of methoxy groups -OCH3 is 1.